The number of fused-ring (bicyclic) bond motifs is 1. The molecule has 0 radical (unpaired) electrons. The van der Waals surface area contributed by atoms with Gasteiger partial charge in [0.05, 0.1) is 18.5 Å². The summed E-state index contributed by atoms with van der Waals surface area (Å²) in [7, 11) is -3.75. The van der Waals surface area contributed by atoms with E-state index in [1.807, 2.05) is 42.5 Å². The minimum absolute atomic E-state index is 0.202. The average Bonchev–Trinajstić information content (AvgIpc) is 2.71. The van der Waals surface area contributed by atoms with Gasteiger partial charge in [-0.05, 0) is 42.6 Å². The smallest absolute Gasteiger partial charge is 0.243 e. The van der Waals surface area contributed by atoms with Crippen molar-refractivity contribution in [2.24, 2.45) is 0 Å². The molecule has 0 aliphatic carbocycles. The molecule has 0 fully saturated rings. The van der Waals surface area contributed by atoms with E-state index < -0.39 is 27.8 Å². The highest BCUT2D eigenvalue weighted by molar-refractivity contribution is 7.92. The zero-order valence-electron chi connectivity index (χ0n) is 16.7. The Kier molecular flexibility index (Phi) is 6.56. The fourth-order valence-electron chi connectivity index (χ4n) is 3.20. The summed E-state index contributed by atoms with van der Waals surface area (Å²) in [5.74, 6) is -0.263. The van der Waals surface area contributed by atoms with Crippen molar-refractivity contribution in [3.05, 3.63) is 72.5 Å². The van der Waals surface area contributed by atoms with E-state index in [9.17, 15) is 17.6 Å². The number of anilines is 1. The quantitative estimate of drug-likeness (QED) is 0.556. The molecule has 0 spiro atoms. The lowest BCUT2D eigenvalue weighted by Crippen LogP contribution is -2.48. The van der Waals surface area contributed by atoms with Crippen LogP contribution in [0.1, 0.15) is 6.92 Å². The largest absolute Gasteiger partial charge is 0.491 e. The van der Waals surface area contributed by atoms with E-state index in [0.29, 0.717) is 5.75 Å². The number of rotatable bonds is 8. The standard InChI is InChI=1S/C22H23FN2O4S/c1-16(25(30(2,27)28)19-12-10-18(23)11-13-19)22(26)24-14-15-29-21-9-5-7-17-6-3-4-8-20(17)21/h3-13,16H,14-15H2,1-2H3,(H,24,26)/t16-/m0/s1. The van der Waals surface area contributed by atoms with Gasteiger partial charge in [0, 0.05) is 5.39 Å². The Balaban J connectivity index is 1.62. The maximum atomic E-state index is 13.2. The number of nitrogens with one attached hydrogen (secondary N) is 1. The van der Waals surface area contributed by atoms with Crippen molar-refractivity contribution in [2.45, 2.75) is 13.0 Å². The van der Waals surface area contributed by atoms with E-state index in [1.165, 1.54) is 19.1 Å². The summed E-state index contributed by atoms with van der Waals surface area (Å²) >= 11 is 0. The third kappa shape index (κ3) is 5.07. The van der Waals surface area contributed by atoms with Crippen molar-refractivity contribution in [1.82, 2.24) is 5.32 Å². The minimum Gasteiger partial charge on any atom is -0.491 e. The summed E-state index contributed by atoms with van der Waals surface area (Å²) in [5.41, 5.74) is 0.216. The molecular formula is C22H23FN2O4S. The molecule has 0 saturated carbocycles. The number of sulfonamides is 1. The second-order valence-electron chi connectivity index (χ2n) is 6.83. The van der Waals surface area contributed by atoms with E-state index in [1.54, 1.807) is 0 Å². The van der Waals surface area contributed by atoms with Crippen LogP contribution in [0.5, 0.6) is 5.75 Å². The van der Waals surface area contributed by atoms with Gasteiger partial charge in [0.2, 0.25) is 15.9 Å². The Bertz CT molecular complexity index is 1130. The number of hydrogen-bond donors (Lipinski definition) is 1. The molecule has 1 amide bonds. The number of carbonyl (C=O) groups is 1. The monoisotopic (exact) mass is 430 g/mol. The van der Waals surface area contributed by atoms with E-state index in [0.717, 1.165) is 33.5 Å². The van der Waals surface area contributed by atoms with Gasteiger partial charge in [0.15, 0.2) is 0 Å². The SMILES string of the molecule is C[C@@H](C(=O)NCCOc1cccc2ccccc12)N(c1ccc(F)cc1)S(C)(=O)=O. The van der Waals surface area contributed by atoms with Crippen LogP contribution in [0.15, 0.2) is 66.7 Å². The van der Waals surface area contributed by atoms with Crippen molar-refractivity contribution in [3.8, 4) is 5.75 Å². The molecule has 0 unspecified atom stereocenters. The van der Waals surface area contributed by atoms with Gasteiger partial charge in [0.25, 0.3) is 0 Å². The summed E-state index contributed by atoms with van der Waals surface area (Å²) in [6, 6.07) is 17.5. The minimum atomic E-state index is -3.75. The molecule has 3 aromatic carbocycles. The number of nitrogens with zero attached hydrogens (tertiary/aromatic N) is 1. The molecule has 0 aliphatic heterocycles. The van der Waals surface area contributed by atoms with Crippen molar-refractivity contribution >= 4 is 32.4 Å². The van der Waals surface area contributed by atoms with Gasteiger partial charge in [-0.3, -0.25) is 9.10 Å². The highest BCUT2D eigenvalue weighted by Crippen LogP contribution is 2.25. The summed E-state index contributed by atoms with van der Waals surface area (Å²) in [5, 5.41) is 4.71. The predicted molar refractivity (Wildman–Crippen MR) is 116 cm³/mol. The summed E-state index contributed by atoms with van der Waals surface area (Å²) < 4.78 is 44.4. The summed E-state index contributed by atoms with van der Waals surface area (Å²) in [6.45, 7) is 1.90. The Morgan fingerprint density at radius 1 is 1.07 bits per heavy atom. The number of ether oxygens (including phenoxy) is 1. The molecule has 0 heterocycles. The van der Waals surface area contributed by atoms with Gasteiger partial charge >= 0.3 is 0 Å². The van der Waals surface area contributed by atoms with E-state index in [-0.39, 0.29) is 18.8 Å². The molecule has 30 heavy (non-hydrogen) atoms. The molecule has 3 aromatic rings. The number of hydrogen-bond acceptors (Lipinski definition) is 4. The lowest BCUT2D eigenvalue weighted by Gasteiger charge is -2.28. The predicted octanol–water partition coefficient (Wildman–Crippen LogP) is 3.33. The highest BCUT2D eigenvalue weighted by Gasteiger charge is 2.28. The maximum Gasteiger partial charge on any atom is 0.243 e. The van der Waals surface area contributed by atoms with Crippen molar-refractivity contribution in [2.75, 3.05) is 23.7 Å². The number of carbonyl (C=O) groups excluding carboxylic acids is 1. The number of amides is 1. The fourth-order valence-corrected chi connectivity index (χ4v) is 4.38. The van der Waals surface area contributed by atoms with Gasteiger partial charge in [-0.2, -0.15) is 0 Å². The lowest BCUT2D eigenvalue weighted by atomic mass is 10.1. The van der Waals surface area contributed by atoms with Gasteiger partial charge < -0.3 is 10.1 Å². The van der Waals surface area contributed by atoms with Crippen molar-refractivity contribution in [1.29, 1.82) is 0 Å². The molecule has 6 nitrogen and oxygen atoms in total. The van der Waals surface area contributed by atoms with Crippen LogP contribution in [0.2, 0.25) is 0 Å². The summed E-state index contributed by atoms with van der Waals surface area (Å²) in [4.78, 5) is 12.5. The second kappa shape index (κ2) is 9.13. The molecule has 158 valence electrons. The Morgan fingerprint density at radius 3 is 2.43 bits per heavy atom. The molecule has 1 atom stereocenters. The molecule has 0 saturated heterocycles. The first-order chi connectivity index (χ1) is 14.3. The first-order valence-corrected chi connectivity index (χ1v) is 11.3. The van der Waals surface area contributed by atoms with Crippen LogP contribution >= 0.6 is 0 Å². The van der Waals surface area contributed by atoms with Crippen LogP contribution in [0.3, 0.4) is 0 Å². The first kappa shape index (κ1) is 21.6. The Hall–Kier alpha value is -3.13. The van der Waals surface area contributed by atoms with Gasteiger partial charge in [-0.1, -0.05) is 36.4 Å². The van der Waals surface area contributed by atoms with Gasteiger partial charge in [-0.15, -0.1) is 0 Å². The molecule has 0 aliphatic rings. The summed E-state index contributed by atoms with van der Waals surface area (Å²) in [6.07, 6.45) is 1.00. The van der Waals surface area contributed by atoms with E-state index >= 15 is 0 Å². The third-order valence-corrected chi connectivity index (χ3v) is 5.82. The molecule has 1 N–H and O–H groups in total. The van der Waals surface area contributed by atoms with Crippen LogP contribution < -0.4 is 14.4 Å². The fraction of sp³-hybridized carbons (Fsp3) is 0.227. The van der Waals surface area contributed by atoms with Crippen LogP contribution in [0.25, 0.3) is 10.8 Å². The second-order valence-corrected chi connectivity index (χ2v) is 8.69. The average molecular weight is 431 g/mol. The third-order valence-electron chi connectivity index (χ3n) is 4.58. The Morgan fingerprint density at radius 2 is 1.73 bits per heavy atom. The highest BCUT2D eigenvalue weighted by atomic mass is 32.2. The number of halogens is 1. The molecule has 3 rings (SSSR count). The van der Waals surface area contributed by atoms with Crippen LogP contribution in [-0.4, -0.2) is 39.8 Å². The molecule has 8 heteroatoms. The zero-order chi connectivity index (χ0) is 21.7. The lowest BCUT2D eigenvalue weighted by molar-refractivity contribution is -0.121. The van der Waals surface area contributed by atoms with Crippen molar-refractivity contribution in [3.63, 3.8) is 0 Å². The van der Waals surface area contributed by atoms with Crippen LogP contribution in [0, 0.1) is 5.82 Å². The maximum absolute atomic E-state index is 13.2. The van der Waals surface area contributed by atoms with Crippen molar-refractivity contribution < 1.29 is 22.3 Å². The molecule has 0 aromatic heterocycles. The van der Waals surface area contributed by atoms with Crippen LogP contribution in [-0.2, 0) is 14.8 Å². The van der Waals surface area contributed by atoms with Gasteiger partial charge in [0.1, 0.15) is 24.2 Å². The molecule has 0 bridgehead atoms. The number of benzene rings is 3. The first-order valence-electron chi connectivity index (χ1n) is 9.40. The zero-order valence-corrected chi connectivity index (χ0v) is 17.5. The van der Waals surface area contributed by atoms with Crippen LogP contribution in [0.4, 0.5) is 10.1 Å². The normalized spacial score (nSPS) is 12.4. The van der Waals surface area contributed by atoms with E-state index in [4.69, 9.17) is 4.74 Å². The van der Waals surface area contributed by atoms with E-state index in [2.05, 4.69) is 5.32 Å². The topological polar surface area (TPSA) is 75.7 Å². The molecular weight excluding hydrogens is 407 g/mol. The van der Waals surface area contributed by atoms with Gasteiger partial charge in [-0.25, -0.2) is 12.8 Å². The Labute approximate surface area is 175 Å².